The van der Waals surface area contributed by atoms with Crippen LogP contribution in [0.15, 0.2) is 67.0 Å². The number of aromatic nitrogens is 2. The number of halogens is 1. The van der Waals surface area contributed by atoms with E-state index in [9.17, 15) is 4.79 Å². The second kappa shape index (κ2) is 7.32. The molecule has 0 spiro atoms. The number of hydrogen-bond donors (Lipinski definition) is 1. The van der Waals surface area contributed by atoms with Gasteiger partial charge in [0.15, 0.2) is 0 Å². The summed E-state index contributed by atoms with van der Waals surface area (Å²) in [7, 11) is 0. The zero-order valence-corrected chi connectivity index (χ0v) is 14.1. The lowest BCUT2D eigenvalue weighted by Crippen LogP contribution is -2.26. The maximum atomic E-state index is 12.4. The van der Waals surface area contributed by atoms with Crippen LogP contribution >= 0.6 is 11.6 Å². The molecule has 2 aromatic carbocycles. The molecule has 3 aromatic rings. The average Bonchev–Trinajstić information content (AvgIpc) is 3.04. The Hall–Kier alpha value is -2.59. The molecule has 1 aromatic heterocycles. The predicted molar refractivity (Wildman–Crippen MR) is 95.1 cm³/mol. The normalized spacial score (nSPS) is 11.9. The van der Waals surface area contributed by atoms with E-state index in [0.29, 0.717) is 17.1 Å². The second-order valence-electron chi connectivity index (χ2n) is 5.66. The quantitative estimate of drug-likeness (QED) is 0.761. The van der Waals surface area contributed by atoms with Crippen LogP contribution in [0.4, 0.5) is 0 Å². The first-order valence-electron chi connectivity index (χ1n) is 7.74. The Labute approximate surface area is 146 Å². The highest BCUT2D eigenvalue weighted by atomic mass is 35.5. The van der Waals surface area contributed by atoms with Crippen molar-refractivity contribution < 1.29 is 4.79 Å². The lowest BCUT2D eigenvalue weighted by molar-refractivity contribution is 0.0940. The summed E-state index contributed by atoms with van der Waals surface area (Å²) in [6.45, 7) is 2.57. The molecule has 1 N–H and O–H groups in total. The maximum Gasteiger partial charge on any atom is 0.254 e. The molecule has 1 heterocycles. The summed E-state index contributed by atoms with van der Waals surface area (Å²) in [4.78, 5) is 12.4. The lowest BCUT2D eigenvalue weighted by Gasteiger charge is -2.13. The van der Waals surface area contributed by atoms with Crippen LogP contribution < -0.4 is 5.32 Å². The molecule has 122 valence electrons. The Morgan fingerprint density at radius 3 is 2.75 bits per heavy atom. The molecule has 0 aliphatic carbocycles. The zero-order valence-electron chi connectivity index (χ0n) is 13.3. The first kappa shape index (κ1) is 16.3. The minimum atomic E-state index is -0.151. The van der Waals surface area contributed by atoms with Gasteiger partial charge in [-0.15, -0.1) is 0 Å². The minimum absolute atomic E-state index is 0.131. The molecule has 5 heteroatoms. The van der Waals surface area contributed by atoms with Gasteiger partial charge in [0.1, 0.15) is 0 Å². The van der Waals surface area contributed by atoms with E-state index < -0.39 is 0 Å². The molecule has 0 aliphatic heterocycles. The van der Waals surface area contributed by atoms with Gasteiger partial charge in [0, 0.05) is 11.2 Å². The number of amides is 1. The molecule has 0 bridgehead atoms. The van der Waals surface area contributed by atoms with Gasteiger partial charge in [-0.25, -0.2) is 0 Å². The number of rotatable bonds is 5. The number of hydrogen-bond acceptors (Lipinski definition) is 2. The third-order valence-corrected chi connectivity index (χ3v) is 4.01. The van der Waals surface area contributed by atoms with Crippen LogP contribution in [0.1, 0.15) is 34.5 Å². The van der Waals surface area contributed by atoms with Crippen molar-refractivity contribution in [1.82, 2.24) is 15.1 Å². The summed E-state index contributed by atoms with van der Waals surface area (Å²) < 4.78 is 1.76. The number of carbonyl (C=O) groups is 1. The molecular weight excluding hydrogens is 322 g/mol. The van der Waals surface area contributed by atoms with Crippen LogP contribution in [-0.2, 0) is 6.54 Å². The Balaban J connectivity index is 1.65. The van der Waals surface area contributed by atoms with Crippen molar-refractivity contribution in [2.24, 2.45) is 0 Å². The molecule has 24 heavy (non-hydrogen) atoms. The van der Waals surface area contributed by atoms with Crippen molar-refractivity contribution >= 4 is 17.5 Å². The SMILES string of the molecule is CC(NC(=O)c1cnn(Cc2ccccc2)c1)c1cccc(Cl)c1. The van der Waals surface area contributed by atoms with Gasteiger partial charge in [-0.05, 0) is 30.2 Å². The van der Waals surface area contributed by atoms with Crippen LogP contribution in [0.3, 0.4) is 0 Å². The fourth-order valence-electron chi connectivity index (χ4n) is 2.48. The first-order chi connectivity index (χ1) is 11.6. The zero-order chi connectivity index (χ0) is 16.9. The van der Waals surface area contributed by atoms with Gasteiger partial charge in [0.2, 0.25) is 0 Å². The van der Waals surface area contributed by atoms with Gasteiger partial charge >= 0.3 is 0 Å². The molecule has 1 unspecified atom stereocenters. The average molecular weight is 340 g/mol. The van der Waals surface area contributed by atoms with Crippen molar-refractivity contribution in [2.75, 3.05) is 0 Å². The summed E-state index contributed by atoms with van der Waals surface area (Å²) in [5, 5.41) is 7.88. The maximum absolute atomic E-state index is 12.4. The molecule has 1 amide bonds. The molecule has 0 radical (unpaired) electrons. The van der Waals surface area contributed by atoms with E-state index >= 15 is 0 Å². The summed E-state index contributed by atoms with van der Waals surface area (Å²) in [5.74, 6) is -0.151. The summed E-state index contributed by atoms with van der Waals surface area (Å²) >= 11 is 6.00. The third-order valence-electron chi connectivity index (χ3n) is 3.78. The highest BCUT2D eigenvalue weighted by Crippen LogP contribution is 2.17. The van der Waals surface area contributed by atoms with E-state index in [1.165, 1.54) is 0 Å². The number of benzene rings is 2. The molecular formula is C19H18ClN3O. The van der Waals surface area contributed by atoms with E-state index in [0.717, 1.165) is 11.1 Å². The van der Waals surface area contributed by atoms with Crippen LogP contribution in [0.25, 0.3) is 0 Å². The second-order valence-corrected chi connectivity index (χ2v) is 6.10. The highest BCUT2D eigenvalue weighted by molar-refractivity contribution is 6.30. The van der Waals surface area contributed by atoms with E-state index in [-0.39, 0.29) is 11.9 Å². The number of nitrogens with zero attached hydrogens (tertiary/aromatic N) is 2. The third kappa shape index (κ3) is 4.03. The standard InChI is InChI=1S/C19H18ClN3O/c1-14(16-8-5-9-18(20)10-16)22-19(24)17-11-21-23(13-17)12-15-6-3-2-4-7-15/h2-11,13-14H,12H2,1H3,(H,22,24). The van der Waals surface area contributed by atoms with Gasteiger partial charge in [-0.1, -0.05) is 54.1 Å². The van der Waals surface area contributed by atoms with E-state index in [1.54, 1.807) is 17.1 Å². The molecule has 3 rings (SSSR count). The molecule has 0 saturated heterocycles. The molecule has 1 atom stereocenters. The van der Waals surface area contributed by atoms with Gasteiger partial charge in [-0.3, -0.25) is 9.48 Å². The van der Waals surface area contributed by atoms with Gasteiger partial charge < -0.3 is 5.32 Å². The molecule has 0 aliphatic rings. The predicted octanol–water partition coefficient (Wildman–Crippen LogP) is 4.08. The Bertz CT molecular complexity index is 829. The van der Waals surface area contributed by atoms with Gasteiger partial charge in [-0.2, -0.15) is 5.10 Å². The van der Waals surface area contributed by atoms with E-state index in [2.05, 4.69) is 10.4 Å². The van der Waals surface area contributed by atoms with Crippen LogP contribution in [-0.4, -0.2) is 15.7 Å². The Morgan fingerprint density at radius 1 is 1.21 bits per heavy atom. The van der Waals surface area contributed by atoms with Crippen molar-refractivity contribution in [3.63, 3.8) is 0 Å². The summed E-state index contributed by atoms with van der Waals surface area (Å²) in [6, 6.07) is 17.4. The number of carbonyl (C=O) groups excluding carboxylic acids is 1. The molecule has 4 nitrogen and oxygen atoms in total. The Morgan fingerprint density at radius 2 is 2.00 bits per heavy atom. The fourth-order valence-corrected chi connectivity index (χ4v) is 2.68. The van der Waals surface area contributed by atoms with E-state index in [4.69, 9.17) is 11.6 Å². The fraction of sp³-hybridized carbons (Fsp3) is 0.158. The van der Waals surface area contributed by atoms with Crippen molar-refractivity contribution in [2.45, 2.75) is 19.5 Å². The summed E-state index contributed by atoms with van der Waals surface area (Å²) in [6.07, 6.45) is 3.34. The van der Waals surface area contributed by atoms with Crippen LogP contribution in [0, 0.1) is 0 Å². The van der Waals surface area contributed by atoms with Gasteiger partial charge in [0.05, 0.1) is 24.3 Å². The first-order valence-corrected chi connectivity index (χ1v) is 8.12. The monoisotopic (exact) mass is 339 g/mol. The highest BCUT2D eigenvalue weighted by Gasteiger charge is 2.13. The largest absolute Gasteiger partial charge is 0.345 e. The topological polar surface area (TPSA) is 46.9 Å². The molecule has 0 fully saturated rings. The van der Waals surface area contributed by atoms with E-state index in [1.807, 2.05) is 61.5 Å². The molecule has 0 saturated carbocycles. The van der Waals surface area contributed by atoms with Crippen LogP contribution in [0.2, 0.25) is 5.02 Å². The Kier molecular flexibility index (Phi) is 4.96. The lowest BCUT2D eigenvalue weighted by atomic mass is 10.1. The number of nitrogens with one attached hydrogen (secondary N) is 1. The van der Waals surface area contributed by atoms with Crippen LogP contribution in [0.5, 0.6) is 0 Å². The van der Waals surface area contributed by atoms with Crippen molar-refractivity contribution in [3.8, 4) is 0 Å². The van der Waals surface area contributed by atoms with Crippen molar-refractivity contribution in [3.05, 3.63) is 88.7 Å². The smallest absolute Gasteiger partial charge is 0.254 e. The minimum Gasteiger partial charge on any atom is -0.345 e. The van der Waals surface area contributed by atoms with Gasteiger partial charge in [0.25, 0.3) is 5.91 Å². The summed E-state index contributed by atoms with van der Waals surface area (Å²) in [5.41, 5.74) is 2.65. The van der Waals surface area contributed by atoms with Crippen molar-refractivity contribution in [1.29, 1.82) is 0 Å².